The molecule has 2 heterocycles. The third-order valence-electron chi connectivity index (χ3n) is 3.27. The normalized spacial score (nSPS) is 12.7. The summed E-state index contributed by atoms with van der Waals surface area (Å²) < 4.78 is 1.84. The van der Waals surface area contributed by atoms with E-state index < -0.39 is 0 Å². The summed E-state index contributed by atoms with van der Waals surface area (Å²) in [7, 11) is 1.91. The minimum absolute atomic E-state index is 0.0837. The molecule has 0 aliphatic heterocycles. The number of aromatic nitrogens is 4. The molecule has 2 aromatic heterocycles. The number of rotatable bonds is 5. The average Bonchev–Trinajstić information content (AvgIpc) is 2.65. The summed E-state index contributed by atoms with van der Waals surface area (Å²) in [5, 5.41) is 8.51. The SMILES string of the molecule is CCNC(Cc1c(Cl)c(C)nn1C)c1cnc(C)cn1. The van der Waals surface area contributed by atoms with Gasteiger partial charge >= 0.3 is 0 Å². The van der Waals surface area contributed by atoms with Gasteiger partial charge in [-0.05, 0) is 20.4 Å². The molecule has 0 bridgehead atoms. The van der Waals surface area contributed by atoms with Gasteiger partial charge in [-0.1, -0.05) is 18.5 Å². The van der Waals surface area contributed by atoms with Crippen LogP contribution in [-0.2, 0) is 13.5 Å². The van der Waals surface area contributed by atoms with E-state index in [1.54, 1.807) is 6.20 Å². The first-order valence-electron chi connectivity index (χ1n) is 6.72. The van der Waals surface area contributed by atoms with Crippen LogP contribution in [0.1, 0.15) is 35.7 Å². The topological polar surface area (TPSA) is 55.6 Å². The fourth-order valence-corrected chi connectivity index (χ4v) is 2.44. The smallest absolute Gasteiger partial charge is 0.0847 e. The molecule has 0 aliphatic carbocycles. The van der Waals surface area contributed by atoms with Gasteiger partial charge in [0.2, 0.25) is 0 Å². The van der Waals surface area contributed by atoms with Gasteiger partial charge in [0.25, 0.3) is 0 Å². The van der Waals surface area contributed by atoms with Crippen molar-refractivity contribution in [2.75, 3.05) is 6.54 Å². The maximum atomic E-state index is 6.32. The third-order valence-corrected chi connectivity index (χ3v) is 3.76. The molecular formula is C14H20ClN5. The number of aryl methyl sites for hydroxylation is 3. The average molecular weight is 294 g/mol. The lowest BCUT2D eigenvalue weighted by Gasteiger charge is -2.17. The predicted molar refractivity (Wildman–Crippen MR) is 79.8 cm³/mol. The Labute approximate surface area is 124 Å². The summed E-state index contributed by atoms with van der Waals surface area (Å²) in [6.07, 6.45) is 4.34. The van der Waals surface area contributed by atoms with Crippen molar-refractivity contribution in [1.29, 1.82) is 0 Å². The molecular weight excluding hydrogens is 274 g/mol. The number of likely N-dealkylation sites (N-methyl/N-ethyl adjacent to an activating group) is 1. The van der Waals surface area contributed by atoms with E-state index in [0.717, 1.165) is 40.8 Å². The summed E-state index contributed by atoms with van der Waals surface area (Å²) in [5.41, 5.74) is 3.71. The Hall–Kier alpha value is -1.46. The van der Waals surface area contributed by atoms with E-state index in [4.69, 9.17) is 11.6 Å². The Kier molecular flexibility index (Phi) is 4.73. The molecule has 1 N–H and O–H groups in total. The maximum absolute atomic E-state index is 6.32. The highest BCUT2D eigenvalue weighted by Crippen LogP contribution is 2.24. The first kappa shape index (κ1) is 14.9. The molecule has 0 saturated carbocycles. The summed E-state index contributed by atoms with van der Waals surface area (Å²) in [4.78, 5) is 8.78. The molecule has 0 aromatic carbocycles. The van der Waals surface area contributed by atoms with Crippen LogP contribution in [0.3, 0.4) is 0 Å². The van der Waals surface area contributed by atoms with E-state index in [-0.39, 0.29) is 6.04 Å². The van der Waals surface area contributed by atoms with Crippen molar-refractivity contribution in [3.8, 4) is 0 Å². The van der Waals surface area contributed by atoms with Crippen molar-refractivity contribution >= 4 is 11.6 Å². The molecule has 0 saturated heterocycles. The van der Waals surface area contributed by atoms with Crippen molar-refractivity contribution in [1.82, 2.24) is 25.1 Å². The molecule has 1 unspecified atom stereocenters. The highest BCUT2D eigenvalue weighted by atomic mass is 35.5. The summed E-state index contributed by atoms with van der Waals surface area (Å²) >= 11 is 6.32. The van der Waals surface area contributed by atoms with Crippen LogP contribution in [0.4, 0.5) is 0 Å². The largest absolute Gasteiger partial charge is 0.309 e. The molecule has 1 atom stereocenters. The summed E-state index contributed by atoms with van der Waals surface area (Å²) in [6, 6.07) is 0.0837. The molecule has 0 fully saturated rings. The molecule has 0 spiro atoms. The summed E-state index contributed by atoms with van der Waals surface area (Å²) in [6.45, 7) is 6.78. The van der Waals surface area contributed by atoms with E-state index in [0.29, 0.717) is 0 Å². The molecule has 2 aromatic rings. The molecule has 5 nitrogen and oxygen atoms in total. The predicted octanol–water partition coefficient (Wildman–Crippen LogP) is 2.37. The first-order valence-corrected chi connectivity index (χ1v) is 7.10. The van der Waals surface area contributed by atoms with Crippen molar-refractivity contribution in [2.24, 2.45) is 7.05 Å². The van der Waals surface area contributed by atoms with Gasteiger partial charge in [-0.25, -0.2) is 0 Å². The van der Waals surface area contributed by atoms with Crippen LogP contribution in [0.25, 0.3) is 0 Å². The quantitative estimate of drug-likeness (QED) is 0.919. The van der Waals surface area contributed by atoms with Gasteiger partial charge in [-0.15, -0.1) is 0 Å². The third kappa shape index (κ3) is 3.16. The molecule has 2 rings (SSSR count). The summed E-state index contributed by atoms with van der Waals surface area (Å²) in [5.74, 6) is 0. The van der Waals surface area contributed by atoms with Crippen LogP contribution in [0.2, 0.25) is 5.02 Å². The fraction of sp³-hybridized carbons (Fsp3) is 0.500. The standard InChI is InChI=1S/C14H20ClN5/c1-5-16-11(12-8-17-9(2)7-18-12)6-13-14(15)10(3)19-20(13)4/h7-8,11,16H,5-6H2,1-4H3. The zero-order valence-corrected chi connectivity index (χ0v) is 13.1. The maximum Gasteiger partial charge on any atom is 0.0847 e. The molecule has 0 aliphatic rings. The monoisotopic (exact) mass is 293 g/mol. The van der Waals surface area contributed by atoms with E-state index in [1.807, 2.05) is 31.8 Å². The van der Waals surface area contributed by atoms with Gasteiger partial charge in [0.05, 0.1) is 40.0 Å². The van der Waals surface area contributed by atoms with Crippen LogP contribution in [0, 0.1) is 13.8 Å². The zero-order chi connectivity index (χ0) is 14.7. The van der Waals surface area contributed by atoms with Crippen molar-refractivity contribution in [2.45, 2.75) is 33.2 Å². The number of hydrogen-bond acceptors (Lipinski definition) is 4. The minimum Gasteiger partial charge on any atom is -0.309 e. The van der Waals surface area contributed by atoms with Crippen LogP contribution >= 0.6 is 11.6 Å². The second kappa shape index (κ2) is 6.33. The molecule has 0 radical (unpaired) electrons. The molecule has 6 heteroatoms. The lowest BCUT2D eigenvalue weighted by Crippen LogP contribution is -2.25. The van der Waals surface area contributed by atoms with Crippen molar-refractivity contribution < 1.29 is 0 Å². The van der Waals surface area contributed by atoms with Crippen LogP contribution in [0.15, 0.2) is 12.4 Å². The van der Waals surface area contributed by atoms with E-state index in [1.165, 1.54) is 0 Å². The first-order chi connectivity index (χ1) is 9.52. The Bertz CT molecular complexity index is 576. The minimum atomic E-state index is 0.0837. The number of nitrogens with zero attached hydrogens (tertiary/aromatic N) is 4. The number of halogens is 1. The second-order valence-corrected chi connectivity index (χ2v) is 5.24. The highest BCUT2D eigenvalue weighted by molar-refractivity contribution is 6.31. The number of nitrogens with one attached hydrogen (secondary N) is 1. The van der Waals surface area contributed by atoms with Crippen molar-refractivity contribution in [3.63, 3.8) is 0 Å². The lowest BCUT2D eigenvalue weighted by molar-refractivity contribution is 0.515. The lowest BCUT2D eigenvalue weighted by atomic mass is 10.1. The van der Waals surface area contributed by atoms with E-state index in [2.05, 4.69) is 27.3 Å². The van der Waals surface area contributed by atoms with Gasteiger partial charge in [0.15, 0.2) is 0 Å². The second-order valence-electron chi connectivity index (χ2n) is 4.87. The van der Waals surface area contributed by atoms with Gasteiger partial charge in [0, 0.05) is 19.7 Å². The van der Waals surface area contributed by atoms with Crippen LogP contribution in [-0.4, -0.2) is 26.3 Å². The fourth-order valence-electron chi connectivity index (χ4n) is 2.21. The van der Waals surface area contributed by atoms with Crippen LogP contribution < -0.4 is 5.32 Å². The van der Waals surface area contributed by atoms with Gasteiger partial charge in [0.1, 0.15) is 0 Å². The zero-order valence-electron chi connectivity index (χ0n) is 12.3. The van der Waals surface area contributed by atoms with Crippen LogP contribution in [0.5, 0.6) is 0 Å². The Morgan fingerprint density at radius 3 is 2.55 bits per heavy atom. The Balaban J connectivity index is 2.27. The van der Waals surface area contributed by atoms with E-state index in [9.17, 15) is 0 Å². The molecule has 108 valence electrons. The van der Waals surface area contributed by atoms with E-state index >= 15 is 0 Å². The van der Waals surface area contributed by atoms with Crippen molar-refractivity contribution in [3.05, 3.63) is 40.2 Å². The Morgan fingerprint density at radius 1 is 1.30 bits per heavy atom. The molecule has 0 amide bonds. The van der Waals surface area contributed by atoms with Gasteiger partial charge in [-0.3, -0.25) is 14.6 Å². The Morgan fingerprint density at radius 2 is 2.05 bits per heavy atom. The highest BCUT2D eigenvalue weighted by Gasteiger charge is 2.19. The van der Waals surface area contributed by atoms with Gasteiger partial charge < -0.3 is 5.32 Å². The number of hydrogen-bond donors (Lipinski definition) is 1. The van der Waals surface area contributed by atoms with Gasteiger partial charge in [-0.2, -0.15) is 5.10 Å². The molecule has 20 heavy (non-hydrogen) atoms.